The number of phenolic OH excluding ortho intramolecular Hbond substituents is 1. The van der Waals surface area contributed by atoms with Crippen LogP contribution in [0.3, 0.4) is 0 Å². The van der Waals surface area contributed by atoms with Crippen LogP contribution in [0.4, 0.5) is 0 Å². The van der Waals surface area contributed by atoms with Crippen LogP contribution in [0, 0.1) is 0 Å². The molecule has 1 aromatic rings. The van der Waals surface area contributed by atoms with Gasteiger partial charge in [-0.3, -0.25) is 0 Å². The minimum atomic E-state index is -0.0187. The zero-order valence-electron chi connectivity index (χ0n) is 11.2. The molecule has 104 valence electrons. The molecule has 0 saturated carbocycles. The molecule has 4 heteroatoms. The Labute approximate surface area is 113 Å². The second-order valence-electron chi connectivity index (χ2n) is 4.62. The van der Waals surface area contributed by atoms with Crippen LogP contribution in [0.1, 0.15) is 38.2 Å². The number of hydrogen-bond acceptors (Lipinski definition) is 4. The molecule has 1 heterocycles. The van der Waals surface area contributed by atoms with Crippen molar-refractivity contribution in [2.24, 2.45) is 0 Å². The molecule has 4 nitrogen and oxygen atoms in total. The van der Waals surface area contributed by atoms with Gasteiger partial charge in [-0.2, -0.15) is 0 Å². The van der Waals surface area contributed by atoms with Gasteiger partial charge < -0.3 is 19.7 Å². The number of rotatable bonds is 6. The number of benzene rings is 1. The van der Waals surface area contributed by atoms with Crippen LogP contribution in [0.5, 0.6) is 11.5 Å². The first-order valence-electron chi connectivity index (χ1n) is 6.74. The van der Waals surface area contributed by atoms with Crippen molar-refractivity contribution < 1.29 is 19.7 Å². The third-order valence-corrected chi connectivity index (χ3v) is 3.14. The summed E-state index contributed by atoms with van der Waals surface area (Å²) in [7, 11) is 0. The molecule has 0 radical (unpaired) electrons. The second-order valence-corrected chi connectivity index (χ2v) is 4.62. The van der Waals surface area contributed by atoms with E-state index in [2.05, 4.69) is 6.92 Å². The highest BCUT2D eigenvalue weighted by Crippen LogP contribution is 2.37. The molecule has 1 aromatic carbocycles. The predicted octanol–water partition coefficient (Wildman–Crippen LogP) is 3.61. The lowest BCUT2D eigenvalue weighted by molar-refractivity contribution is 0.153. The SMILES string of the molecule is CCCCCCOC1=C(O)c2c(O)cccc2OC1. The van der Waals surface area contributed by atoms with E-state index in [1.54, 1.807) is 12.1 Å². The van der Waals surface area contributed by atoms with E-state index in [1.807, 2.05) is 0 Å². The molecule has 2 N–H and O–H groups in total. The fraction of sp³-hybridized carbons (Fsp3) is 0.467. The molecule has 1 aliphatic rings. The third kappa shape index (κ3) is 3.13. The van der Waals surface area contributed by atoms with Crippen molar-refractivity contribution in [1.29, 1.82) is 0 Å². The highest BCUT2D eigenvalue weighted by atomic mass is 16.5. The number of hydrogen-bond donors (Lipinski definition) is 2. The summed E-state index contributed by atoms with van der Waals surface area (Å²) in [5, 5.41) is 19.9. The number of aromatic hydroxyl groups is 1. The number of aliphatic hydroxyl groups excluding tert-OH is 1. The third-order valence-electron chi connectivity index (χ3n) is 3.14. The monoisotopic (exact) mass is 264 g/mol. The summed E-state index contributed by atoms with van der Waals surface area (Å²) in [4.78, 5) is 0. The second kappa shape index (κ2) is 6.36. The molecular weight excluding hydrogens is 244 g/mol. The minimum Gasteiger partial charge on any atom is -0.507 e. The fourth-order valence-electron chi connectivity index (χ4n) is 2.06. The molecular formula is C15H20O4. The van der Waals surface area contributed by atoms with Gasteiger partial charge in [-0.05, 0) is 18.6 Å². The summed E-state index contributed by atoms with van der Waals surface area (Å²) in [6, 6.07) is 4.91. The van der Waals surface area contributed by atoms with Gasteiger partial charge in [0.25, 0.3) is 0 Å². The number of aliphatic hydroxyl groups is 1. The van der Waals surface area contributed by atoms with Crippen LogP contribution in [0.25, 0.3) is 5.76 Å². The Kier molecular flexibility index (Phi) is 4.55. The number of ether oxygens (including phenoxy) is 2. The average Bonchev–Trinajstić information content (AvgIpc) is 2.41. The highest BCUT2D eigenvalue weighted by Gasteiger charge is 2.23. The van der Waals surface area contributed by atoms with Gasteiger partial charge in [0.05, 0.1) is 6.61 Å². The van der Waals surface area contributed by atoms with Crippen LogP contribution in [-0.4, -0.2) is 23.4 Å². The standard InChI is InChI=1S/C15H20O4/c1-2-3-4-5-9-18-13-10-19-12-8-6-7-11(16)14(12)15(13)17/h6-8,16-17H,2-5,9-10H2,1H3. The molecule has 0 amide bonds. The van der Waals surface area contributed by atoms with E-state index in [0.29, 0.717) is 23.7 Å². The van der Waals surface area contributed by atoms with E-state index < -0.39 is 0 Å². The molecule has 0 aliphatic carbocycles. The van der Waals surface area contributed by atoms with E-state index >= 15 is 0 Å². The average molecular weight is 264 g/mol. The molecule has 19 heavy (non-hydrogen) atoms. The molecule has 2 rings (SSSR count). The number of phenols is 1. The van der Waals surface area contributed by atoms with Crippen LogP contribution in [-0.2, 0) is 4.74 Å². The Morgan fingerprint density at radius 2 is 2.05 bits per heavy atom. The number of fused-ring (bicyclic) bond motifs is 1. The quantitative estimate of drug-likeness (QED) is 0.771. The lowest BCUT2D eigenvalue weighted by Gasteiger charge is -2.21. The van der Waals surface area contributed by atoms with Crippen molar-refractivity contribution in [1.82, 2.24) is 0 Å². The summed E-state index contributed by atoms with van der Waals surface area (Å²) < 4.78 is 11.0. The normalized spacial score (nSPS) is 13.9. The van der Waals surface area contributed by atoms with Gasteiger partial charge >= 0.3 is 0 Å². The molecule has 0 unspecified atom stereocenters. The lowest BCUT2D eigenvalue weighted by atomic mass is 10.1. The maximum Gasteiger partial charge on any atom is 0.176 e. The Morgan fingerprint density at radius 3 is 2.84 bits per heavy atom. The van der Waals surface area contributed by atoms with Crippen LogP contribution < -0.4 is 4.74 Å². The zero-order chi connectivity index (χ0) is 13.7. The summed E-state index contributed by atoms with van der Waals surface area (Å²) in [6.07, 6.45) is 4.44. The van der Waals surface area contributed by atoms with Crippen LogP contribution in [0.15, 0.2) is 24.0 Å². The van der Waals surface area contributed by atoms with Gasteiger partial charge in [-0.25, -0.2) is 0 Å². The van der Waals surface area contributed by atoms with Gasteiger partial charge in [0, 0.05) is 0 Å². The van der Waals surface area contributed by atoms with Crippen molar-refractivity contribution in [2.75, 3.05) is 13.2 Å². The van der Waals surface area contributed by atoms with Gasteiger partial charge in [0.2, 0.25) is 0 Å². The fourth-order valence-corrected chi connectivity index (χ4v) is 2.06. The first kappa shape index (κ1) is 13.6. The molecule has 0 bridgehead atoms. The van der Waals surface area contributed by atoms with Crippen LogP contribution in [0.2, 0.25) is 0 Å². The van der Waals surface area contributed by atoms with Crippen molar-refractivity contribution in [3.63, 3.8) is 0 Å². The van der Waals surface area contributed by atoms with Gasteiger partial charge in [-0.15, -0.1) is 0 Å². The minimum absolute atomic E-state index is 0.00165. The first-order valence-corrected chi connectivity index (χ1v) is 6.74. The molecule has 0 aromatic heterocycles. The van der Waals surface area contributed by atoms with Crippen molar-refractivity contribution in [3.05, 3.63) is 29.5 Å². The van der Waals surface area contributed by atoms with Crippen LogP contribution >= 0.6 is 0 Å². The summed E-state index contributed by atoms with van der Waals surface area (Å²) >= 11 is 0. The Bertz CT molecular complexity index is 465. The van der Waals surface area contributed by atoms with Gasteiger partial charge in [0.15, 0.2) is 11.5 Å². The summed E-state index contributed by atoms with van der Waals surface area (Å²) in [6.45, 7) is 2.92. The topological polar surface area (TPSA) is 58.9 Å². The van der Waals surface area contributed by atoms with Crippen molar-refractivity contribution >= 4 is 5.76 Å². The maximum atomic E-state index is 10.1. The molecule has 1 aliphatic heterocycles. The molecule has 0 atom stereocenters. The molecule has 0 spiro atoms. The van der Waals surface area contributed by atoms with E-state index in [1.165, 1.54) is 18.9 Å². The van der Waals surface area contributed by atoms with E-state index in [0.717, 1.165) is 12.8 Å². The van der Waals surface area contributed by atoms with E-state index in [9.17, 15) is 10.2 Å². The molecule has 0 saturated heterocycles. The molecule has 0 fully saturated rings. The first-order chi connectivity index (χ1) is 9.24. The lowest BCUT2D eigenvalue weighted by Crippen LogP contribution is -2.14. The highest BCUT2D eigenvalue weighted by molar-refractivity contribution is 5.73. The van der Waals surface area contributed by atoms with E-state index in [4.69, 9.17) is 9.47 Å². The van der Waals surface area contributed by atoms with Gasteiger partial charge in [-0.1, -0.05) is 32.3 Å². The van der Waals surface area contributed by atoms with Crippen molar-refractivity contribution in [2.45, 2.75) is 32.6 Å². The smallest absolute Gasteiger partial charge is 0.176 e. The van der Waals surface area contributed by atoms with Gasteiger partial charge in [0.1, 0.15) is 23.7 Å². The maximum absolute atomic E-state index is 10.1. The Hall–Kier alpha value is -1.84. The predicted molar refractivity (Wildman–Crippen MR) is 73.2 cm³/mol. The van der Waals surface area contributed by atoms with E-state index in [-0.39, 0.29) is 18.1 Å². The number of unbranched alkanes of at least 4 members (excludes halogenated alkanes) is 3. The Balaban J connectivity index is 2.02. The summed E-state index contributed by atoms with van der Waals surface area (Å²) in [5.41, 5.74) is 0.317. The Morgan fingerprint density at radius 1 is 1.21 bits per heavy atom. The largest absolute Gasteiger partial charge is 0.507 e. The van der Waals surface area contributed by atoms with Crippen molar-refractivity contribution in [3.8, 4) is 11.5 Å². The zero-order valence-corrected chi connectivity index (χ0v) is 11.2. The summed E-state index contributed by atoms with van der Waals surface area (Å²) in [5.74, 6) is 0.859.